The predicted octanol–water partition coefficient (Wildman–Crippen LogP) is 3.73. The maximum absolute atomic E-state index is 12.8. The van der Waals surface area contributed by atoms with Crippen molar-refractivity contribution in [3.8, 4) is 5.75 Å². The molecule has 2 N–H and O–H groups in total. The number of aryl methyl sites for hydroxylation is 1. The van der Waals surface area contributed by atoms with Gasteiger partial charge in [0.1, 0.15) is 5.75 Å². The van der Waals surface area contributed by atoms with Crippen molar-refractivity contribution in [1.29, 1.82) is 0 Å². The fourth-order valence-electron chi connectivity index (χ4n) is 3.36. The van der Waals surface area contributed by atoms with E-state index in [-0.39, 0.29) is 35.8 Å². The second-order valence-corrected chi connectivity index (χ2v) is 8.25. The highest BCUT2D eigenvalue weighted by atomic mass is 79.9. The second kappa shape index (κ2) is 7.68. The van der Waals surface area contributed by atoms with Crippen molar-refractivity contribution in [2.75, 3.05) is 28.7 Å². The molecule has 2 aromatic carbocycles. The molecule has 150 valence electrons. The summed E-state index contributed by atoms with van der Waals surface area (Å²) >= 11 is 9.69. The third-order valence-electron chi connectivity index (χ3n) is 4.91. The van der Waals surface area contributed by atoms with Crippen LogP contribution < -0.4 is 20.3 Å². The summed E-state index contributed by atoms with van der Waals surface area (Å²) in [6.07, 6.45) is 0.121. The van der Waals surface area contributed by atoms with E-state index in [1.165, 1.54) is 6.07 Å². The van der Waals surface area contributed by atoms with E-state index in [2.05, 4.69) is 26.6 Å². The Kier molecular flexibility index (Phi) is 5.23. The van der Waals surface area contributed by atoms with Crippen LogP contribution in [0.2, 0.25) is 5.02 Å². The minimum atomic E-state index is -0.501. The smallest absolute Gasteiger partial charge is 0.262 e. The molecule has 7 nitrogen and oxygen atoms in total. The molecule has 9 heteroatoms. The zero-order chi connectivity index (χ0) is 20.7. The van der Waals surface area contributed by atoms with E-state index in [9.17, 15) is 14.4 Å². The van der Waals surface area contributed by atoms with Crippen molar-refractivity contribution in [2.24, 2.45) is 5.92 Å². The second-order valence-electron chi connectivity index (χ2n) is 6.99. The Morgan fingerprint density at radius 1 is 1.31 bits per heavy atom. The summed E-state index contributed by atoms with van der Waals surface area (Å²) in [6.45, 7) is 2.14. The molecule has 0 saturated carbocycles. The van der Waals surface area contributed by atoms with Gasteiger partial charge in [-0.25, -0.2) is 0 Å². The summed E-state index contributed by atoms with van der Waals surface area (Å²) in [5, 5.41) is 5.71. The number of fused-ring (bicyclic) bond motifs is 1. The highest BCUT2D eigenvalue weighted by molar-refractivity contribution is 9.10. The van der Waals surface area contributed by atoms with Crippen LogP contribution in [-0.4, -0.2) is 30.9 Å². The number of anilines is 3. The molecular formula is C20H17BrClN3O4. The number of nitrogens with zero attached hydrogens (tertiary/aromatic N) is 1. The monoisotopic (exact) mass is 477 g/mol. The lowest BCUT2D eigenvalue weighted by atomic mass is 10.1. The molecule has 3 amide bonds. The number of carbonyl (C=O) groups is 3. The minimum Gasteiger partial charge on any atom is -0.482 e. The SMILES string of the molecule is Cc1cc(N2CC(C(=O)Nc3cc4c(cc3Cl)NC(=O)CO4)CC2=O)ccc1Br. The average molecular weight is 479 g/mol. The fourth-order valence-corrected chi connectivity index (χ4v) is 3.82. The lowest BCUT2D eigenvalue weighted by Crippen LogP contribution is -2.28. The summed E-state index contributed by atoms with van der Waals surface area (Å²) in [4.78, 5) is 38.3. The van der Waals surface area contributed by atoms with Gasteiger partial charge in [-0.15, -0.1) is 0 Å². The first-order valence-corrected chi connectivity index (χ1v) is 10.1. The molecule has 2 heterocycles. The molecule has 1 atom stereocenters. The van der Waals surface area contributed by atoms with Crippen LogP contribution in [0, 0.1) is 12.8 Å². The van der Waals surface area contributed by atoms with E-state index in [0.717, 1.165) is 15.7 Å². The van der Waals surface area contributed by atoms with Crippen LogP contribution in [0.1, 0.15) is 12.0 Å². The Morgan fingerprint density at radius 2 is 2.10 bits per heavy atom. The molecule has 0 spiro atoms. The van der Waals surface area contributed by atoms with Crippen LogP contribution in [0.15, 0.2) is 34.8 Å². The van der Waals surface area contributed by atoms with Gasteiger partial charge in [-0.05, 0) is 36.8 Å². The molecule has 2 aliphatic heterocycles. The Bertz CT molecular complexity index is 1040. The molecule has 0 radical (unpaired) electrons. The van der Waals surface area contributed by atoms with Crippen LogP contribution >= 0.6 is 27.5 Å². The van der Waals surface area contributed by atoms with Gasteiger partial charge in [-0.3, -0.25) is 14.4 Å². The van der Waals surface area contributed by atoms with E-state index in [1.54, 1.807) is 11.0 Å². The van der Waals surface area contributed by atoms with Gasteiger partial charge in [0.25, 0.3) is 5.91 Å². The maximum atomic E-state index is 12.8. The number of hydrogen-bond acceptors (Lipinski definition) is 4. The zero-order valence-corrected chi connectivity index (χ0v) is 17.8. The first-order valence-electron chi connectivity index (χ1n) is 8.95. The van der Waals surface area contributed by atoms with Crippen LogP contribution in [0.3, 0.4) is 0 Å². The molecule has 1 unspecified atom stereocenters. The van der Waals surface area contributed by atoms with Gasteiger partial charge in [0.05, 0.1) is 22.3 Å². The van der Waals surface area contributed by atoms with Gasteiger partial charge >= 0.3 is 0 Å². The first-order chi connectivity index (χ1) is 13.8. The van der Waals surface area contributed by atoms with E-state index >= 15 is 0 Å². The summed E-state index contributed by atoms with van der Waals surface area (Å²) < 4.78 is 6.32. The molecule has 0 aliphatic carbocycles. The van der Waals surface area contributed by atoms with Crippen molar-refractivity contribution >= 4 is 62.3 Å². The number of amides is 3. The molecular weight excluding hydrogens is 462 g/mol. The van der Waals surface area contributed by atoms with Crippen molar-refractivity contribution in [3.05, 3.63) is 45.4 Å². The quantitative estimate of drug-likeness (QED) is 0.704. The van der Waals surface area contributed by atoms with E-state index in [1.807, 2.05) is 25.1 Å². The molecule has 4 rings (SSSR count). The number of carbonyl (C=O) groups excluding carboxylic acids is 3. The fraction of sp³-hybridized carbons (Fsp3) is 0.250. The largest absolute Gasteiger partial charge is 0.482 e. The number of halogens is 2. The number of rotatable bonds is 3. The van der Waals surface area contributed by atoms with Crippen LogP contribution in [0.5, 0.6) is 5.75 Å². The van der Waals surface area contributed by atoms with Crippen LogP contribution in [0.25, 0.3) is 0 Å². The van der Waals surface area contributed by atoms with E-state index < -0.39 is 5.92 Å². The number of hydrogen-bond donors (Lipinski definition) is 2. The molecule has 1 saturated heterocycles. The third kappa shape index (κ3) is 3.95. The first kappa shape index (κ1) is 19.7. The molecule has 1 fully saturated rings. The minimum absolute atomic E-state index is 0.0965. The normalized spacial score (nSPS) is 18.2. The summed E-state index contributed by atoms with van der Waals surface area (Å²) in [7, 11) is 0. The van der Waals surface area contributed by atoms with Gasteiger partial charge in [0.2, 0.25) is 11.8 Å². The standard InChI is InChI=1S/C20H17BrClN3O4/c1-10-4-12(2-3-13(10)21)25-8-11(5-19(25)27)20(28)24-15-7-17-16(6-14(15)22)23-18(26)9-29-17/h2-4,6-7,11H,5,8-9H2,1H3,(H,23,26)(H,24,28). The summed E-state index contributed by atoms with van der Waals surface area (Å²) in [5.74, 6) is -0.734. The van der Waals surface area contributed by atoms with Crippen molar-refractivity contribution in [2.45, 2.75) is 13.3 Å². The highest BCUT2D eigenvalue weighted by Gasteiger charge is 2.35. The van der Waals surface area contributed by atoms with Gasteiger partial charge in [-0.2, -0.15) is 0 Å². The predicted molar refractivity (Wildman–Crippen MR) is 114 cm³/mol. The summed E-state index contributed by atoms with van der Waals surface area (Å²) in [5.41, 5.74) is 2.60. The lowest BCUT2D eigenvalue weighted by molar-refractivity contribution is -0.122. The molecule has 0 bridgehead atoms. The summed E-state index contributed by atoms with van der Waals surface area (Å²) in [6, 6.07) is 8.74. The van der Waals surface area contributed by atoms with Gasteiger partial charge in [0, 0.05) is 29.2 Å². The van der Waals surface area contributed by atoms with Crippen molar-refractivity contribution < 1.29 is 19.1 Å². The van der Waals surface area contributed by atoms with E-state index in [4.69, 9.17) is 16.3 Å². The number of benzene rings is 2. The molecule has 29 heavy (non-hydrogen) atoms. The zero-order valence-electron chi connectivity index (χ0n) is 15.4. The average Bonchev–Trinajstić information content (AvgIpc) is 3.06. The van der Waals surface area contributed by atoms with Crippen LogP contribution in [-0.2, 0) is 14.4 Å². The Morgan fingerprint density at radius 3 is 2.86 bits per heavy atom. The molecule has 2 aromatic rings. The Labute approximate surface area is 180 Å². The molecule has 2 aliphatic rings. The van der Waals surface area contributed by atoms with Gasteiger partial charge < -0.3 is 20.3 Å². The Hall–Kier alpha value is -2.58. The molecule has 0 aromatic heterocycles. The van der Waals surface area contributed by atoms with E-state index in [0.29, 0.717) is 23.7 Å². The van der Waals surface area contributed by atoms with Crippen molar-refractivity contribution in [1.82, 2.24) is 0 Å². The highest BCUT2D eigenvalue weighted by Crippen LogP contribution is 2.37. The van der Waals surface area contributed by atoms with Crippen LogP contribution in [0.4, 0.5) is 17.1 Å². The maximum Gasteiger partial charge on any atom is 0.262 e. The number of ether oxygens (including phenoxy) is 1. The number of nitrogens with one attached hydrogen (secondary N) is 2. The van der Waals surface area contributed by atoms with Crippen molar-refractivity contribution in [3.63, 3.8) is 0 Å². The third-order valence-corrected chi connectivity index (χ3v) is 6.11. The van der Waals surface area contributed by atoms with Gasteiger partial charge in [-0.1, -0.05) is 27.5 Å². The topological polar surface area (TPSA) is 87.7 Å². The lowest BCUT2D eigenvalue weighted by Gasteiger charge is -2.20. The van der Waals surface area contributed by atoms with Gasteiger partial charge in [0.15, 0.2) is 6.61 Å². The Balaban J connectivity index is 1.49.